The molecule has 2 amide bonds. The third kappa shape index (κ3) is 6.52. The fourth-order valence-electron chi connectivity index (χ4n) is 4.19. The summed E-state index contributed by atoms with van der Waals surface area (Å²) >= 11 is 0. The van der Waals surface area contributed by atoms with Gasteiger partial charge in [-0.25, -0.2) is 9.48 Å². The van der Waals surface area contributed by atoms with Gasteiger partial charge in [-0.2, -0.15) is 5.10 Å². The molecule has 0 bridgehead atoms. The van der Waals surface area contributed by atoms with Crippen LogP contribution in [0.25, 0.3) is 0 Å². The minimum absolute atomic E-state index is 0.0402. The zero-order valence-corrected chi connectivity index (χ0v) is 18.9. The third-order valence-corrected chi connectivity index (χ3v) is 6.03. The average Bonchev–Trinajstić information content (AvgIpc) is 2.98. The maximum absolute atomic E-state index is 12.5. The van der Waals surface area contributed by atoms with Crippen molar-refractivity contribution in [2.24, 2.45) is 0 Å². The summed E-state index contributed by atoms with van der Waals surface area (Å²) < 4.78 is 8.26. The second-order valence-electron chi connectivity index (χ2n) is 8.55. The van der Waals surface area contributed by atoms with Crippen molar-refractivity contribution in [2.45, 2.75) is 51.7 Å². The smallest absolute Gasteiger partial charge is 0.346 e. The summed E-state index contributed by atoms with van der Waals surface area (Å²) in [4.78, 5) is 39.4. The standard InChI is InChI=1S/C23H32N6O4/c30-21(8-10-27-11-13-33-14-12-27)25-19-6-4-5-18(15-19)16-24-22(31)17-29-23(32)28-9-3-1-2-7-20(28)26-29/h4-6,15H,1-3,7-14,16-17H2,(H,24,31)(H,25,30). The highest BCUT2D eigenvalue weighted by Gasteiger charge is 2.17. The van der Waals surface area contributed by atoms with E-state index in [9.17, 15) is 14.4 Å². The van der Waals surface area contributed by atoms with Gasteiger partial charge in [-0.3, -0.25) is 19.1 Å². The molecule has 1 aromatic heterocycles. The summed E-state index contributed by atoms with van der Waals surface area (Å²) in [5.41, 5.74) is 1.34. The van der Waals surface area contributed by atoms with E-state index in [1.54, 1.807) is 4.57 Å². The second-order valence-corrected chi connectivity index (χ2v) is 8.55. The van der Waals surface area contributed by atoms with E-state index < -0.39 is 0 Å². The van der Waals surface area contributed by atoms with Crippen LogP contribution in [0, 0.1) is 0 Å². The summed E-state index contributed by atoms with van der Waals surface area (Å²) in [5.74, 6) is 0.453. The van der Waals surface area contributed by atoms with Gasteiger partial charge in [-0.1, -0.05) is 18.6 Å². The Kier molecular flexibility index (Phi) is 7.90. The molecule has 2 aliphatic heterocycles. The largest absolute Gasteiger partial charge is 0.379 e. The van der Waals surface area contributed by atoms with Crippen molar-refractivity contribution < 1.29 is 14.3 Å². The first-order valence-corrected chi connectivity index (χ1v) is 11.7. The number of benzene rings is 1. The molecule has 3 heterocycles. The number of nitrogens with one attached hydrogen (secondary N) is 2. The fraction of sp³-hybridized carbons (Fsp3) is 0.565. The van der Waals surface area contributed by atoms with Gasteiger partial charge in [-0.05, 0) is 30.5 Å². The lowest BCUT2D eigenvalue weighted by molar-refractivity contribution is -0.122. The molecule has 0 unspecified atom stereocenters. The molecular weight excluding hydrogens is 424 g/mol. The minimum Gasteiger partial charge on any atom is -0.379 e. The van der Waals surface area contributed by atoms with Crippen molar-refractivity contribution in [3.05, 3.63) is 46.1 Å². The van der Waals surface area contributed by atoms with Gasteiger partial charge in [0.2, 0.25) is 11.8 Å². The molecule has 2 aliphatic rings. The van der Waals surface area contributed by atoms with E-state index in [1.807, 2.05) is 24.3 Å². The topological polar surface area (TPSA) is 110 Å². The van der Waals surface area contributed by atoms with Crippen LogP contribution in [-0.2, 0) is 40.4 Å². The predicted octanol–water partition coefficient (Wildman–Crippen LogP) is 0.748. The van der Waals surface area contributed by atoms with Gasteiger partial charge >= 0.3 is 5.69 Å². The molecule has 0 saturated carbocycles. The van der Waals surface area contributed by atoms with E-state index in [4.69, 9.17) is 4.74 Å². The van der Waals surface area contributed by atoms with Crippen molar-refractivity contribution in [1.82, 2.24) is 24.6 Å². The first kappa shape index (κ1) is 23.2. The highest BCUT2D eigenvalue weighted by Crippen LogP contribution is 2.12. The SMILES string of the molecule is O=C(Cn1nc2n(c1=O)CCCCC2)NCc1cccc(NC(=O)CCN2CCOCC2)c1. The average molecular weight is 457 g/mol. The molecule has 33 heavy (non-hydrogen) atoms. The predicted molar refractivity (Wildman–Crippen MR) is 123 cm³/mol. The molecule has 4 rings (SSSR count). The number of anilines is 1. The normalized spacial score (nSPS) is 16.6. The van der Waals surface area contributed by atoms with E-state index in [0.717, 1.165) is 50.2 Å². The third-order valence-electron chi connectivity index (χ3n) is 6.03. The Balaban J connectivity index is 1.25. The number of morpholine rings is 1. The number of nitrogens with zero attached hydrogens (tertiary/aromatic N) is 4. The molecule has 0 atom stereocenters. The lowest BCUT2D eigenvalue weighted by Crippen LogP contribution is -2.38. The minimum atomic E-state index is -0.273. The fourth-order valence-corrected chi connectivity index (χ4v) is 4.19. The number of carbonyl (C=O) groups excluding carboxylic acids is 2. The van der Waals surface area contributed by atoms with Gasteiger partial charge in [0.1, 0.15) is 12.4 Å². The molecule has 178 valence electrons. The van der Waals surface area contributed by atoms with Gasteiger partial charge in [0, 0.05) is 51.3 Å². The summed E-state index contributed by atoms with van der Waals surface area (Å²) in [6.07, 6.45) is 4.27. The van der Waals surface area contributed by atoms with E-state index >= 15 is 0 Å². The van der Waals surface area contributed by atoms with Crippen LogP contribution in [-0.4, -0.2) is 63.9 Å². The van der Waals surface area contributed by atoms with Crippen LogP contribution in [0.4, 0.5) is 5.69 Å². The highest BCUT2D eigenvalue weighted by atomic mass is 16.5. The summed E-state index contributed by atoms with van der Waals surface area (Å²) in [6.45, 7) is 4.73. The van der Waals surface area contributed by atoms with Crippen LogP contribution in [0.15, 0.2) is 29.1 Å². The van der Waals surface area contributed by atoms with Crippen molar-refractivity contribution in [1.29, 1.82) is 0 Å². The monoisotopic (exact) mass is 456 g/mol. The Morgan fingerprint density at radius 1 is 1.06 bits per heavy atom. The molecule has 0 radical (unpaired) electrons. The number of rotatable bonds is 8. The Labute approximate surface area is 192 Å². The van der Waals surface area contributed by atoms with Gasteiger partial charge in [0.15, 0.2) is 0 Å². The summed E-state index contributed by atoms with van der Waals surface area (Å²) in [5, 5.41) is 10.1. The highest BCUT2D eigenvalue weighted by molar-refractivity contribution is 5.90. The number of hydrogen-bond acceptors (Lipinski definition) is 6. The molecule has 2 aromatic rings. The molecule has 0 spiro atoms. The second kappa shape index (κ2) is 11.2. The molecule has 1 aromatic carbocycles. The van der Waals surface area contributed by atoms with Crippen LogP contribution in [0.5, 0.6) is 0 Å². The number of ether oxygens (including phenoxy) is 1. The molecule has 10 nitrogen and oxygen atoms in total. The molecule has 1 fully saturated rings. The van der Waals surface area contributed by atoms with E-state index in [-0.39, 0.29) is 24.0 Å². The number of amides is 2. The number of hydrogen-bond donors (Lipinski definition) is 2. The zero-order valence-electron chi connectivity index (χ0n) is 18.9. The maximum Gasteiger partial charge on any atom is 0.346 e. The molecule has 2 N–H and O–H groups in total. The van der Waals surface area contributed by atoms with E-state index in [0.29, 0.717) is 45.0 Å². The first-order chi connectivity index (χ1) is 16.1. The van der Waals surface area contributed by atoms with Gasteiger partial charge in [0.05, 0.1) is 13.2 Å². The Hall–Kier alpha value is -2.98. The van der Waals surface area contributed by atoms with Gasteiger partial charge in [-0.15, -0.1) is 0 Å². The number of carbonyl (C=O) groups is 2. The van der Waals surface area contributed by atoms with Gasteiger partial charge < -0.3 is 15.4 Å². The number of aryl methyl sites for hydroxylation is 1. The van der Waals surface area contributed by atoms with Crippen molar-refractivity contribution in [3.8, 4) is 0 Å². The first-order valence-electron chi connectivity index (χ1n) is 11.7. The van der Waals surface area contributed by atoms with Crippen LogP contribution in [0.2, 0.25) is 0 Å². The van der Waals surface area contributed by atoms with Crippen molar-refractivity contribution in [3.63, 3.8) is 0 Å². The maximum atomic E-state index is 12.5. The van der Waals surface area contributed by atoms with E-state index in [1.165, 1.54) is 4.68 Å². The lowest BCUT2D eigenvalue weighted by atomic mass is 10.2. The zero-order chi connectivity index (χ0) is 23.0. The Bertz CT molecular complexity index is 1020. The van der Waals surface area contributed by atoms with Crippen LogP contribution in [0.3, 0.4) is 0 Å². The molecule has 1 saturated heterocycles. The lowest BCUT2D eigenvalue weighted by Gasteiger charge is -2.26. The van der Waals surface area contributed by atoms with Crippen LogP contribution in [0.1, 0.15) is 37.1 Å². The van der Waals surface area contributed by atoms with Crippen molar-refractivity contribution in [2.75, 3.05) is 38.2 Å². The van der Waals surface area contributed by atoms with Gasteiger partial charge in [0.25, 0.3) is 0 Å². The summed E-state index contributed by atoms with van der Waals surface area (Å²) in [7, 11) is 0. The quantitative estimate of drug-likeness (QED) is 0.607. The van der Waals surface area contributed by atoms with Crippen molar-refractivity contribution >= 4 is 17.5 Å². The molecule has 0 aliphatic carbocycles. The number of fused-ring (bicyclic) bond motifs is 1. The Morgan fingerprint density at radius 3 is 2.76 bits per heavy atom. The number of aromatic nitrogens is 3. The van der Waals surface area contributed by atoms with E-state index in [2.05, 4.69) is 20.6 Å². The Morgan fingerprint density at radius 2 is 1.91 bits per heavy atom. The van der Waals surface area contributed by atoms with Crippen LogP contribution >= 0.6 is 0 Å². The molecular formula is C23H32N6O4. The summed E-state index contributed by atoms with van der Waals surface area (Å²) in [6, 6.07) is 7.40. The van der Waals surface area contributed by atoms with Crippen LogP contribution < -0.4 is 16.3 Å². The molecule has 10 heteroatoms.